The third-order valence-electron chi connectivity index (χ3n) is 6.58. The zero-order valence-electron chi connectivity index (χ0n) is 19.2. The summed E-state index contributed by atoms with van der Waals surface area (Å²) in [6.07, 6.45) is -0.252. The second-order valence-electron chi connectivity index (χ2n) is 9.23. The van der Waals surface area contributed by atoms with Gasteiger partial charge < -0.3 is 0 Å². The average Bonchev–Trinajstić information content (AvgIpc) is 2.73. The minimum atomic E-state index is -3.37. The van der Waals surface area contributed by atoms with E-state index in [9.17, 15) is 26.4 Å². The van der Waals surface area contributed by atoms with Crippen molar-refractivity contribution in [3.05, 3.63) is 69.1 Å². The molecule has 0 spiro atoms. The molecular weight excluding hydrogens is 469 g/mol. The first kappa shape index (κ1) is 24.3. The normalized spacial score (nSPS) is 17.2. The van der Waals surface area contributed by atoms with Crippen molar-refractivity contribution in [2.45, 2.75) is 38.0 Å². The summed E-state index contributed by atoms with van der Waals surface area (Å²) in [7, 11) is -1.79. The monoisotopic (exact) mass is 494 g/mol. The topological polar surface area (TPSA) is 85.2 Å². The second-order valence-corrected chi connectivity index (χ2v) is 11.2. The zero-order chi connectivity index (χ0) is 25.0. The fraction of sp³-hybridized carbons (Fsp3) is 0.435. The molecule has 3 heterocycles. The Morgan fingerprint density at radius 1 is 1.18 bits per heavy atom. The first-order valence-electron chi connectivity index (χ1n) is 10.7. The Labute approximate surface area is 195 Å². The van der Waals surface area contributed by atoms with Gasteiger partial charge in [0, 0.05) is 36.5 Å². The molecule has 0 saturated carbocycles. The van der Waals surface area contributed by atoms with Gasteiger partial charge in [0.05, 0.1) is 17.5 Å². The molecule has 0 radical (unpaired) electrons. The average molecular weight is 495 g/mol. The van der Waals surface area contributed by atoms with Crippen molar-refractivity contribution in [3.8, 4) is 0 Å². The summed E-state index contributed by atoms with van der Waals surface area (Å²) in [6, 6.07) is 5.63. The molecule has 0 unspecified atom stereocenters. The van der Waals surface area contributed by atoms with Crippen LogP contribution in [0.1, 0.15) is 48.6 Å². The van der Waals surface area contributed by atoms with Crippen LogP contribution in [0.2, 0.25) is 0 Å². The van der Waals surface area contributed by atoms with E-state index in [1.54, 1.807) is 20.0 Å². The van der Waals surface area contributed by atoms with Crippen LogP contribution in [0.5, 0.6) is 0 Å². The van der Waals surface area contributed by atoms with Gasteiger partial charge in [0.25, 0.3) is 12.0 Å². The minimum absolute atomic E-state index is 0.157. The van der Waals surface area contributed by atoms with Gasteiger partial charge in [0.2, 0.25) is 10.0 Å². The summed E-state index contributed by atoms with van der Waals surface area (Å²) in [5.74, 6) is -1.41. The quantitative estimate of drug-likeness (QED) is 0.525. The van der Waals surface area contributed by atoms with Crippen LogP contribution in [-0.4, -0.2) is 46.6 Å². The van der Waals surface area contributed by atoms with Crippen LogP contribution < -0.4 is 5.56 Å². The maximum absolute atomic E-state index is 14.7. The van der Waals surface area contributed by atoms with Crippen molar-refractivity contribution in [2.24, 2.45) is 7.05 Å². The summed E-state index contributed by atoms with van der Waals surface area (Å²) in [4.78, 5) is 21.7. The van der Waals surface area contributed by atoms with Gasteiger partial charge in [-0.1, -0.05) is 32.0 Å². The maximum atomic E-state index is 14.7. The Hall–Kier alpha value is -2.79. The van der Waals surface area contributed by atoms with E-state index in [4.69, 9.17) is 0 Å². The number of nitrogens with zero attached hydrogens (tertiary/aromatic N) is 4. The lowest BCUT2D eigenvalue weighted by molar-refractivity contribution is 0.146. The number of aromatic nitrogens is 3. The van der Waals surface area contributed by atoms with Gasteiger partial charge in [-0.15, -0.1) is 0 Å². The number of aryl methyl sites for hydroxylation is 1. The largest absolute Gasteiger partial charge is 0.295 e. The number of pyridine rings is 1. The molecule has 0 bridgehead atoms. The third kappa shape index (κ3) is 4.11. The van der Waals surface area contributed by atoms with Crippen LogP contribution in [0.15, 0.2) is 35.4 Å². The van der Waals surface area contributed by atoms with Crippen molar-refractivity contribution in [1.29, 1.82) is 0 Å². The molecular formula is C23H25F3N4O3S. The summed E-state index contributed by atoms with van der Waals surface area (Å²) in [5, 5.41) is 0.580. The van der Waals surface area contributed by atoms with Crippen molar-refractivity contribution in [2.75, 3.05) is 19.3 Å². The van der Waals surface area contributed by atoms with E-state index in [1.165, 1.54) is 27.3 Å². The highest BCUT2D eigenvalue weighted by molar-refractivity contribution is 7.88. The highest BCUT2D eigenvalue weighted by atomic mass is 32.2. The van der Waals surface area contributed by atoms with Crippen LogP contribution >= 0.6 is 0 Å². The molecule has 0 N–H and O–H groups in total. The van der Waals surface area contributed by atoms with Crippen LogP contribution in [-0.2, 0) is 28.9 Å². The fourth-order valence-corrected chi connectivity index (χ4v) is 5.61. The molecule has 7 nitrogen and oxygen atoms in total. The number of halogens is 3. The maximum Gasteiger partial charge on any atom is 0.266 e. The Balaban J connectivity index is 1.76. The molecule has 1 fully saturated rings. The number of benzene rings is 1. The van der Waals surface area contributed by atoms with Gasteiger partial charge in [-0.05, 0) is 24.0 Å². The Morgan fingerprint density at radius 3 is 2.44 bits per heavy atom. The standard InChI is InChI=1S/C23H25F3N4O3S/c1-13(14-6-5-7-15(19(14)24)20(25)26)8-18-16-9-17(22(31)29(3)21(16)28-12-27-18)23(2)10-30(11-23)34(4,32)33/h5-7,9,12-13,20H,8,10-11H2,1-4H3/t13-/m0/s1. The number of rotatable bonds is 6. The fourth-order valence-electron chi connectivity index (χ4n) is 4.57. The van der Waals surface area contributed by atoms with E-state index in [0.717, 1.165) is 12.3 Å². The Bertz CT molecular complexity index is 1430. The lowest BCUT2D eigenvalue weighted by atomic mass is 9.77. The molecule has 1 atom stereocenters. The number of fused-ring (bicyclic) bond motifs is 1. The highest BCUT2D eigenvalue weighted by Crippen LogP contribution is 2.36. The smallest absolute Gasteiger partial charge is 0.266 e. The van der Waals surface area contributed by atoms with Gasteiger partial charge in [-0.25, -0.2) is 35.9 Å². The van der Waals surface area contributed by atoms with Crippen molar-refractivity contribution in [3.63, 3.8) is 0 Å². The molecule has 1 saturated heterocycles. The molecule has 4 rings (SSSR count). The molecule has 1 aromatic carbocycles. The van der Waals surface area contributed by atoms with Gasteiger partial charge in [-0.3, -0.25) is 9.36 Å². The molecule has 1 aliphatic rings. The molecule has 34 heavy (non-hydrogen) atoms. The number of alkyl halides is 2. The Kier molecular flexibility index (Phi) is 6.05. The Morgan fingerprint density at radius 2 is 1.82 bits per heavy atom. The van der Waals surface area contributed by atoms with Crippen LogP contribution in [0.4, 0.5) is 13.2 Å². The van der Waals surface area contributed by atoms with Crippen LogP contribution in [0, 0.1) is 5.82 Å². The highest BCUT2D eigenvalue weighted by Gasteiger charge is 2.46. The first-order chi connectivity index (χ1) is 15.8. The molecule has 11 heteroatoms. The van der Waals surface area contributed by atoms with Gasteiger partial charge in [0.1, 0.15) is 17.8 Å². The minimum Gasteiger partial charge on any atom is -0.295 e. The molecule has 1 aliphatic heterocycles. The lowest BCUT2D eigenvalue weighted by Gasteiger charge is -2.46. The van der Waals surface area contributed by atoms with Gasteiger partial charge in [-0.2, -0.15) is 0 Å². The van der Waals surface area contributed by atoms with Crippen LogP contribution in [0.3, 0.4) is 0 Å². The first-order valence-corrected chi connectivity index (χ1v) is 12.5. The molecule has 3 aromatic rings. The summed E-state index contributed by atoms with van der Waals surface area (Å²) in [5.41, 5.74) is -0.0785. The van der Waals surface area contributed by atoms with Crippen molar-refractivity contribution < 1.29 is 21.6 Å². The summed E-state index contributed by atoms with van der Waals surface area (Å²) < 4.78 is 67.4. The van der Waals surface area contributed by atoms with E-state index in [-0.39, 0.29) is 30.6 Å². The number of hydrogen-bond acceptors (Lipinski definition) is 5. The van der Waals surface area contributed by atoms with Gasteiger partial charge in [0.15, 0.2) is 0 Å². The van der Waals surface area contributed by atoms with Crippen molar-refractivity contribution in [1.82, 2.24) is 18.8 Å². The predicted octanol–water partition coefficient (Wildman–Crippen LogP) is 3.28. The molecule has 182 valence electrons. The summed E-state index contributed by atoms with van der Waals surface area (Å²) in [6.45, 7) is 3.91. The van der Waals surface area contributed by atoms with Crippen molar-refractivity contribution >= 4 is 21.1 Å². The predicted molar refractivity (Wildman–Crippen MR) is 122 cm³/mol. The SMILES string of the molecule is C[C@@H](Cc1ncnc2c1cc(C1(C)CN(S(C)(=O)=O)C1)c(=O)n2C)c1cccc(C(F)F)c1F. The van der Waals surface area contributed by atoms with Crippen LogP contribution in [0.25, 0.3) is 11.0 Å². The van der Waals surface area contributed by atoms with E-state index in [1.807, 2.05) is 6.92 Å². The number of sulfonamides is 1. The molecule has 2 aromatic heterocycles. The molecule has 0 amide bonds. The van der Waals surface area contributed by atoms with E-state index >= 15 is 0 Å². The van der Waals surface area contributed by atoms with Gasteiger partial charge >= 0.3 is 0 Å². The second kappa shape index (κ2) is 8.46. The van der Waals surface area contributed by atoms with E-state index < -0.39 is 39.2 Å². The van der Waals surface area contributed by atoms with E-state index in [0.29, 0.717) is 22.3 Å². The molecule has 0 aliphatic carbocycles. The summed E-state index contributed by atoms with van der Waals surface area (Å²) >= 11 is 0. The lowest BCUT2D eigenvalue weighted by Crippen LogP contribution is -2.60. The number of hydrogen-bond donors (Lipinski definition) is 0. The third-order valence-corrected chi connectivity index (χ3v) is 7.78. The van der Waals surface area contributed by atoms with E-state index in [2.05, 4.69) is 9.97 Å². The zero-order valence-corrected chi connectivity index (χ0v) is 20.0.